The number of ether oxygens (including phenoxy) is 2. The van der Waals surface area contributed by atoms with E-state index in [4.69, 9.17) is 21.1 Å². The van der Waals surface area contributed by atoms with E-state index >= 15 is 0 Å². The van der Waals surface area contributed by atoms with Crippen molar-refractivity contribution in [1.29, 1.82) is 0 Å². The second kappa shape index (κ2) is 5.78. The molecule has 0 saturated carbocycles. The van der Waals surface area contributed by atoms with E-state index in [9.17, 15) is 4.79 Å². The summed E-state index contributed by atoms with van der Waals surface area (Å²) >= 11 is 6.14. The summed E-state index contributed by atoms with van der Waals surface area (Å²) in [6, 6.07) is 13.2. The topological polar surface area (TPSA) is 38.8 Å². The molecule has 1 amide bonds. The van der Waals surface area contributed by atoms with Crippen LogP contribution in [0.2, 0.25) is 5.02 Å². The Balaban J connectivity index is 1.51. The van der Waals surface area contributed by atoms with Crippen molar-refractivity contribution >= 4 is 17.5 Å². The van der Waals surface area contributed by atoms with Crippen LogP contribution in [0.1, 0.15) is 28.3 Å². The minimum Gasteiger partial charge on any atom is -0.454 e. The first kappa shape index (κ1) is 14.4. The van der Waals surface area contributed by atoms with E-state index in [0.29, 0.717) is 23.0 Å². The number of carbonyl (C=O) groups is 1. The van der Waals surface area contributed by atoms with Crippen LogP contribution >= 0.6 is 11.6 Å². The van der Waals surface area contributed by atoms with Gasteiger partial charge in [0.05, 0.1) is 10.6 Å². The van der Waals surface area contributed by atoms with Gasteiger partial charge in [0.2, 0.25) is 6.79 Å². The third kappa shape index (κ3) is 2.63. The van der Waals surface area contributed by atoms with Crippen molar-refractivity contribution in [1.82, 2.24) is 4.90 Å². The molecular formula is C18H16ClNO3. The van der Waals surface area contributed by atoms with Crippen LogP contribution in [0, 0.1) is 0 Å². The maximum Gasteiger partial charge on any atom is 0.255 e. The Labute approximate surface area is 139 Å². The monoisotopic (exact) mass is 329 g/mol. The molecule has 1 fully saturated rings. The quantitative estimate of drug-likeness (QED) is 0.843. The maximum absolute atomic E-state index is 12.6. The summed E-state index contributed by atoms with van der Waals surface area (Å²) in [7, 11) is 0. The number of carbonyl (C=O) groups excluding carboxylic acids is 1. The zero-order chi connectivity index (χ0) is 15.8. The van der Waals surface area contributed by atoms with Crippen LogP contribution in [-0.2, 0) is 0 Å². The van der Waals surface area contributed by atoms with Gasteiger partial charge in [0.1, 0.15) is 0 Å². The molecule has 0 N–H and O–H groups in total. The van der Waals surface area contributed by atoms with Crippen LogP contribution in [0.5, 0.6) is 11.5 Å². The lowest BCUT2D eigenvalue weighted by Crippen LogP contribution is -2.28. The van der Waals surface area contributed by atoms with Gasteiger partial charge >= 0.3 is 0 Å². The minimum atomic E-state index is -0.00107. The fraction of sp³-hybridized carbons (Fsp3) is 0.278. The average Bonchev–Trinajstić information content (AvgIpc) is 3.23. The molecule has 0 radical (unpaired) electrons. The third-order valence-corrected chi connectivity index (χ3v) is 4.78. The Hall–Kier alpha value is -2.20. The van der Waals surface area contributed by atoms with Crippen LogP contribution in [0.4, 0.5) is 0 Å². The molecule has 1 atom stereocenters. The van der Waals surface area contributed by atoms with Gasteiger partial charge in [0, 0.05) is 19.0 Å². The smallest absolute Gasteiger partial charge is 0.255 e. The average molecular weight is 330 g/mol. The van der Waals surface area contributed by atoms with Crippen LogP contribution < -0.4 is 9.47 Å². The minimum absolute atomic E-state index is 0.00107. The molecule has 5 heteroatoms. The second-order valence-corrected chi connectivity index (χ2v) is 6.24. The highest BCUT2D eigenvalue weighted by molar-refractivity contribution is 6.33. The zero-order valence-electron chi connectivity index (χ0n) is 12.5. The van der Waals surface area contributed by atoms with Gasteiger partial charge in [0.15, 0.2) is 11.5 Å². The van der Waals surface area contributed by atoms with Crippen molar-refractivity contribution in [3.05, 3.63) is 58.6 Å². The van der Waals surface area contributed by atoms with Gasteiger partial charge in [-0.25, -0.2) is 0 Å². The number of fused-ring (bicyclic) bond motifs is 1. The van der Waals surface area contributed by atoms with Gasteiger partial charge in [-0.1, -0.05) is 29.8 Å². The van der Waals surface area contributed by atoms with Crippen molar-refractivity contribution in [3.63, 3.8) is 0 Å². The van der Waals surface area contributed by atoms with Gasteiger partial charge in [-0.15, -0.1) is 0 Å². The van der Waals surface area contributed by atoms with Crippen molar-refractivity contribution in [2.45, 2.75) is 12.3 Å². The van der Waals surface area contributed by atoms with Crippen LogP contribution in [-0.4, -0.2) is 30.7 Å². The molecule has 2 aromatic rings. The number of likely N-dealkylation sites (tertiary alicyclic amines) is 1. The van der Waals surface area contributed by atoms with E-state index in [2.05, 4.69) is 6.07 Å². The third-order valence-electron chi connectivity index (χ3n) is 4.45. The number of halogens is 1. The van der Waals surface area contributed by atoms with Crippen molar-refractivity contribution in [2.24, 2.45) is 0 Å². The number of rotatable bonds is 2. The fourth-order valence-electron chi connectivity index (χ4n) is 3.19. The number of hydrogen-bond donors (Lipinski definition) is 0. The summed E-state index contributed by atoms with van der Waals surface area (Å²) in [5.41, 5.74) is 1.75. The fourth-order valence-corrected chi connectivity index (χ4v) is 3.41. The summed E-state index contributed by atoms with van der Waals surface area (Å²) in [5.74, 6) is 1.89. The van der Waals surface area contributed by atoms with Gasteiger partial charge in [-0.05, 0) is 36.2 Å². The molecule has 0 aliphatic carbocycles. The summed E-state index contributed by atoms with van der Waals surface area (Å²) in [5, 5.41) is 0.504. The van der Waals surface area contributed by atoms with Gasteiger partial charge < -0.3 is 14.4 Å². The number of amides is 1. The Morgan fingerprint density at radius 1 is 1.13 bits per heavy atom. The molecule has 0 aromatic heterocycles. The van der Waals surface area contributed by atoms with Crippen molar-refractivity contribution < 1.29 is 14.3 Å². The van der Waals surface area contributed by atoms with Gasteiger partial charge in [-0.3, -0.25) is 4.79 Å². The Morgan fingerprint density at radius 3 is 2.83 bits per heavy atom. The zero-order valence-corrected chi connectivity index (χ0v) is 13.3. The number of benzene rings is 2. The molecule has 2 aromatic carbocycles. The molecule has 2 aliphatic rings. The summed E-state index contributed by atoms with van der Waals surface area (Å²) in [6.07, 6.45) is 0.940. The number of hydrogen-bond acceptors (Lipinski definition) is 3. The molecular weight excluding hydrogens is 314 g/mol. The van der Waals surface area contributed by atoms with E-state index in [1.54, 1.807) is 12.1 Å². The largest absolute Gasteiger partial charge is 0.454 e. The molecule has 23 heavy (non-hydrogen) atoms. The van der Waals surface area contributed by atoms with Gasteiger partial charge in [0.25, 0.3) is 5.91 Å². The highest BCUT2D eigenvalue weighted by Crippen LogP contribution is 2.37. The van der Waals surface area contributed by atoms with E-state index in [1.165, 1.54) is 5.56 Å². The second-order valence-electron chi connectivity index (χ2n) is 5.83. The lowest BCUT2D eigenvalue weighted by Gasteiger charge is -2.17. The summed E-state index contributed by atoms with van der Waals surface area (Å²) in [4.78, 5) is 14.5. The van der Waals surface area contributed by atoms with E-state index in [0.717, 1.165) is 24.5 Å². The molecule has 0 unspecified atom stereocenters. The molecule has 0 spiro atoms. The standard InChI is InChI=1S/C18H16ClNO3/c19-15-4-2-1-3-14(15)18(21)20-8-7-13(10-20)12-5-6-16-17(9-12)23-11-22-16/h1-6,9,13H,7-8,10-11H2/t13-/m0/s1. The van der Waals surface area contributed by atoms with Crippen LogP contribution in [0.15, 0.2) is 42.5 Å². The lowest BCUT2D eigenvalue weighted by molar-refractivity contribution is 0.0791. The highest BCUT2D eigenvalue weighted by atomic mass is 35.5. The Kier molecular flexibility index (Phi) is 3.62. The molecule has 4 rings (SSSR count). The normalized spacial score (nSPS) is 19.2. The highest BCUT2D eigenvalue weighted by Gasteiger charge is 2.29. The molecule has 2 heterocycles. The van der Waals surface area contributed by atoms with E-state index < -0.39 is 0 Å². The predicted octanol–water partition coefficient (Wildman–Crippen LogP) is 3.70. The molecule has 1 saturated heterocycles. The summed E-state index contributed by atoms with van der Waals surface area (Å²) < 4.78 is 10.8. The van der Waals surface area contributed by atoms with E-state index in [1.807, 2.05) is 29.2 Å². The van der Waals surface area contributed by atoms with Crippen molar-refractivity contribution in [2.75, 3.05) is 19.9 Å². The molecule has 118 valence electrons. The first-order valence-electron chi connectivity index (χ1n) is 7.66. The van der Waals surface area contributed by atoms with Crippen LogP contribution in [0.25, 0.3) is 0 Å². The lowest BCUT2D eigenvalue weighted by atomic mass is 9.98. The molecule has 4 nitrogen and oxygen atoms in total. The first-order valence-corrected chi connectivity index (χ1v) is 8.03. The maximum atomic E-state index is 12.6. The Morgan fingerprint density at radius 2 is 1.96 bits per heavy atom. The van der Waals surface area contributed by atoms with Gasteiger partial charge in [-0.2, -0.15) is 0 Å². The molecule has 2 aliphatic heterocycles. The predicted molar refractivity (Wildman–Crippen MR) is 87.3 cm³/mol. The van der Waals surface area contributed by atoms with E-state index in [-0.39, 0.29) is 12.7 Å². The summed E-state index contributed by atoms with van der Waals surface area (Å²) in [6.45, 7) is 1.72. The van der Waals surface area contributed by atoms with Crippen molar-refractivity contribution in [3.8, 4) is 11.5 Å². The Bertz CT molecular complexity index is 762. The SMILES string of the molecule is O=C(c1ccccc1Cl)N1CC[C@H](c2ccc3c(c2)OCO3)C1. The van der Waals surface area contributed by atoms with Crippen LogP contribution in [0.3, 0.4) is 0 Å². The number of nitrogens with zero attached hydrogens (tertiary/aromatic N) is 1. The first-order chi connectivity index (χ1) is 11.2. The molecule has 0 bridgehead atoms.